The van der Waals surface area contributed by atoms with Gasteiger partial charge in [0.2, 0.25) is 15.9 Å². The lowest BCUT2D eigenvalue weighted by atomic mass is 10.2. The van der Waals surface area contributed by atoms with Gasteiger partial charge in [0.1, 0.15) is 0 Å². The Morgan fingerprint density at radius 2 is 1.72 bits per heavy atom. The van der Waals surface area contributed by atoms with E-state index in [1.54, 1.807) is 18.2 Å². The Balaban J connectivity index is 2.11. The Labute approximate surface area is 147 Å². The highest BCUT2D eigenvalue weighted by Crippen LogP contribution is 2.16. The Kier molecular flexibility index (Phi) is 5.71. The molecule has 0 unspecified atom stereocenters. The Morgan fingerprint density at radius 3 is 2.32 bits per heavy atom. The maximum Gasteiger partial charge on any atom is 0.243 e. The van der Waals surface area contributed by atoms with Gasteiger partial charge in [-0.2, -0.15) is 4.31 Å². The number of likely N-dealkylation sites (N-methyl/N-ethyl adjacent to an activating group) is 1. The zero-order valence-electron chi connectivity index (χ0n) is 14.3. The first-order valence-electron chi connectivity index (χ1n) is 7.64. The van der Waals surface area contributed by atoms with E-state index in [0.29, 0.717) is 11.3 Å². The standard InChI is InChI=1S/C18H20N2O4S/c1-13-7-9-16(10-8-13)19-18(22)12-20(3)25(23,24)17-6-4-5-15(11-17)14(2)21/h4-11H,12H2,1-3H3,(H,19,22). The highest BCUT2D eigenvalue weighted by Gasteiger charge is 2.23. The number of benzene rings is 2. The minimum absolute atomic E-state index is 0.0224. The van der Waals surface area contributed by atoms with E-state index in [1.165, 1.54) is 32.2 Å². The number of amides is 1. The van der Waals surface area contributed by atoms with E-state index >= 15 is 0 Å². The number of hydrogen-bond donors (Lipinski definition) is 1. The van der Waals surface area contributed by atoms with Gasteiger partial charge in [0.05, 0.1) is 11.4 Å². The van der Waals surface area contributed by atoms with Gasteiger partial charge in [-0.1, -0.05) is 29.8 Å². The topological polar surface area (TPSA) is 83.6 Å². The number of Topliss-reactive ketones (excluding diaryl/α,β-unsaturated/α-hetero) is 1. The lowest BCUT2D eigenvalue weighted by molar-refractivity contribution is -0.116. The van der Waals surface area contributed by atoms with Crippen LogP contribution in [-0.4, -0.2) is 38.0 Å². The third-order valence-electron chi connectivity index (χ3n) is 3.65. The molecule has 25 heavy (non-hydrogen) atoms. The van der Waals surface area contributed by atoms with Crippen molar-refractivity contribution in [1.29, 1.82) is 0 Å². The lowest BCUT2D eigenvalue weighted by Crippen LogP contribution is -2.35. The normalized spacial score (nSPS) is 11.4. The number of nitrogens with zero attached hydrogens (tertiary/aromatic N) is 1. The first-order valence-corrected chi connectivity index (χ1v) is 9.08. The zero-order valence-corrected chi connectivity index (χ0v) is 15.1. The fourth-order valence-corrected chi connectivity index (χ4v) is 3.35. The van der Waals surface area contributed by atoms with E-state index < -0.39 is 15.9 Å². The molecule has 1 amide bonds. The van der Waals surface area contributed by atoms with Crippen molar-refractivity contribution in [3.05, 3.63) is 59.7 Å². The number of nitrogens with one attached hydrogen (secondary N) is 1. The second-order valence-corrected chi connectivity index (χ2v) is 7.80. The molecule has 0 heterocycles. The molecule has 0 aromatic heterocycles. The van der Waals surface area contributed by atoms with Gasteiger partial charge >= 0.3 is 0 Å². The summed E-state index contributed by atoms with van der Waals surface area (Å²) >= 11 is 0. The van der Waals surface area contributed by atoms with Crippen molar-refractivity contribution in [3.8, 4) is 0 Å². The maximum atomic E-state index is 12.6. The van der Waals surface area contributed by atoms with Crippen LogP contribution in [0.2, 0.25) is 0 Å². The summed E-state index contributed by atoms with van der Waals surface area (Å²) < 4.78 is 26.1. The molecule has 0 spiro atoms. The summed E-state index contributed by atoms with van der Waals surface area (Å²) in [6.07, 6.45) is 0. The largest absolute Gasteiger partial charge is 0.325 e. The predicted octanol–water partition coefficient (Wildman–Crippen LogP) is 2.46. The summed E-state index contributed by atoms with van der Waals surface area (Å²) in [7, 11) is -2.54. The fourth-order valence-electron chi connectivity index (χ4n) is 2.18. The van der Waals surface area contributed by atoms with E-state index in [9.17, 15) is 18.0 Å². The fraction of sp³-hybridized carbons (Fsp3) is 0.222. The molecule has 7 heteroatoms. The number of sulfonamides is 1. The van der Waals surface area contributed by atoms with Crippen LogP contribution in [0.4, 0.5) is 5.69 Å². The van der Waals surface area contributed by atoms with Gasteiger partial charge in [0.25, 0.3) is 0 Å². The van der Waals surface area contributed by atoms with E-state index in [4.69, 9.17) is 0 Å². The van der Waals surface area contributed by atoms with E-state index in [0.717, 1.165) is 9.87 Å². The van der Waals surface area contributed by atoms with E-state index in [-0.39, 0.29) is 17.2 Å². The van der Waals surface area contributed by atoms with E-state index in [1.807, 2.05) is 19.1 Å². The molecule has 2 rings (SSSR count). The first kappa shape index (κ1) is 18.8. The Bertz CT molecular complexity index is 890. The van der Waals surface area contributed by atoms with E-state index in [2.05, 4.69) is 5.32 Å². The molecule has 6 nitrogen and oxygen atoms in total. The van der Waals surface area contributed by atoms with Gasteiger partial charge in [-0.3, -0.25) is 9.59 Å². The Hall–Kier alpha value is -2.51. The van der Waals surface area contributed by atoms with Crippen molar-refractivity contribution >= 4 is 27.4 Å². The molecule has 2 aromatic rings. The lowest BCUT2D eigenvalue weighted by Gasteiger charge is -2.17. The van der Waals surface area contributed by atoms with Gasteiger partial charge in [-0.15, -0.1) is 0 Å². The van der Waals surface area contributed by atoms with Gasteiger partial charge in [0.15, 0.2) is 5.78 Å². The third-order valence-corrected chi connectivity index (χ3v) is 5.45. The molecule has 0 fully saturated rings. The molecule has 0 aliphatic carbocycles. The van der Waals surface area contributed by atoms with Crippen LogP contribution in [0.25, 0.3) is 0 Å². The second kappa shape index (κ2) is 7.58. The molecule has 0 saturated carbocycles. The average molecular weight is 360 g/mol. The minimum atomic E-state index is -3.87. The highest BCUT2D eigenvalue weighted by molar-refractivity contribution is 7.89. The van der Waals surface area contributed by atoms with Crippen LogP contribution in [0, 0.1) is 6.92 Å². The molecular formula is C18H20N2O4S. The molecule has 2 aromatic carbocycles. The molecular weight excluding hydrogens is 340 g/mol. The number of ketones is 1. The van der Waals surface area contributed by atoms with Crippen molar-refractivity contribution in [2.45, 2.75) is 18.7 Å². The number of rotatable bonds is 6. The van der Waals surface area contributed by atoms with Crippen molar-refractivity contribution in [2.75, 3.05) is 18.9 Å². The summed E-state index contributed by atoms with van der Waals surface area (Å²) in [5.74, 6) is -0.672. The van der Waals surface area contributed by atoms with Crippen LogP contribution >= 0.6 is 0 Å². The van der Waals surface area contributed by atoms with Crippen molar-refractivity contribution < 1.29 is 18.0 Å². The average Bonchev–Trinajstić information content (AvgIpc) is 2.57. The molecule has 0 aliphatic heterocycles. The van der Waals surface area contributed by atoms with Crippen molar-refractivity contribution in [2.24, 2.45) is 0 Å². The number of carbonyl (C=O) groups excluding carboxylic acids is 2. The molecule has 0 aliphatic rings. The summed E-state index contributed by atoms with van der Waals surface area (Å²) in [6, 6.07) is 13.0. The van der Waals surface area contributed by atoms with Crippen LogP contribution in [0.3, 0.4) is 0 Å². The smallest absolute Gasteiger partial charge is 0.243 e. The third kappa shape index (κ3) is 4.74. The molecule has 0 saturated heterocycles. The van der Waals surface area contributed by atoms with Crippen LogP contribution < -0.4 is 5.32 Å². The van der Waals surface area contributed by atoms with Crippen LogP contribution in [0.1, 0.15) is 22.8 Å². The molecule has 0 radical (unpaired) electrons. The summed E-state index contributed by atoms with van der Waals surface area (Å²) in [5, 5.41) is 2.65. The van der Waals surface area contributed by atoms with Crippen molar-refractivity contribution in [1.82, 2.24) is 4.31 Å². The van der Waals surface area contributed by atoms with Crippen LogP contribution in [0.15, 0.2) is 53.4 Å². The first-order chi connectivity index (χ1) is 11.7. The van der Waals surface area contributed by atoms with Gasteiger partial charge < -0.3 is 5.32 Å². The summed E-state index contributed by atoms with van der Waals surface area (Å²) in [5.41, 5.74) is 1.96. The highest BCUT2D eigenvalue weighted by atomic mass is 32.2. The minimum Gasteiger partial charge on any atom is -0.325 e. The summed E-state index contributed by atoms with van der Waals surface area (Å²) in [6.45, 7) is 2.96. The predicted molar refractivity (Wildman–Crippen MR) is 96.1 cm³/mol. The van der Waals surface area contributed by atoms with Gasteiger partial charge in [-0.25, -0.2) is 8.42 Å². The van der Waals surface area contributed by atoms with Crippen molar-refractivity contribution in [3.63, 3.8) is 0 Å². The second-order valence-electron chi connectivity index (χ2n) is 5.76. The molecule has 1 N–H and O–H groups in total. The SMILES string of the molecule is CC(=O)c1cccc(S(=O)(=O)N(C)CC(=O)Nc2ccc(C)cc2)c1. The van der Waals surface area contributed by atoms with Crippen LogP contribution in [0.5, 0.6) is 0 Å². The Morgan fingerprint density at radius 1 is 1.08 bits per heavy atom. The van der Waals surface area contributed by atoms with Gasteiger partial charge in [-0.05, 0) is 38.1 Å². The maximum absolute atomic E-state index is 12.6. The van der Waals surface area contributed by atoms with Crippen LogP contribution in [-0.2, 0) is 14.8 Å². The van der Waals surface area contributed by atoms with Gasteiger partial charge in [0, 0.05) is 18.3 Å². The summed E-state index contributed by atoms with van der Waals surface area (Å²) in [4.78, 5) is 23.5. The zero-order chi connectivity index (χ0) is 18.6. The monoisotopic (exact) mass is 360 g/mol. The number of carbonyl (C=O) groups is 2. The number of aryl methyl sites for hydroxylation is 1. The number of hydrogen-bond acceptors (Lipinski definition) is 4. The molecule has 0 atom stereocenters. The molecule has 0 bridgehead atoms. The number of anilines is 1. The molecule has 132 valence electrons. The quantitative estimate of drug-likeness (QED) is 0.802.